The molecule has 0 aliphatic heterocycles. The number of carbonyl (C=O) groups is 2. The lowest BCUT2D eigenvalue weighted by molar-refractivity contribution is -0.128. The number of aromatic nitrogens is 4. The van der Waals surface area contributed by atoms with Gasteiger partial charge in [-0.25, -0.2) is 0 Å². The second-order valence-corrected chi connectivity index (χ2v) is 9.61. The number of methoxy groups -OCH3 is 1. The first-order valence-electron chi connectivity index (χ1n) is 11.7. The number of benzene rings is 1. The average Bonchev–Trinajstić information content (AvgIpc) is 3.57. The Kier molecular flexibility index (Phi) is 7.14. The number of ether oxygens (including phenoxy) is 1. The van der Waals surface area contributed by atoms with Gasteiger partial charge in [-0.3, -0.25) is 14.5 Å². The van der Waals surface area contributed by atoms with Crippen molar-refractivity contribution in [2.75, 3.05) is 12.0 Å². The molecule has 0 saturated heterocycles. The summed E-state index contributed by atoms with van der Waals surface area (Å²) in [5.74, 6) is 2.09. The van der Waals surface area contributed by atoms with Crippen LogP contribution in [0.2, 0.25) is 0 Å². The summed E-state index contributed by atoms with van der Waals surface area (Å²) < 4.78 is 16.7. The number of rotatable bonds is 8. The minimum absolute atomic E-state index is 0.251. The molecule has 0 unspecified atom stereocenters. The van der Waals surface area contributed by atoms with Crippen LogP contribution < -0.4 is 15.0 Å². The van der Waals surface area contributed by atoms with E-state index in [0.29, 0.717) is 34.5 Å². The maximum Gasteiger partial charge on any atom is 0.251 e. The Labute approximate surface area is 214 Å². The van der Waals surface area contributed by atoms with Gasteiger partial charge in [0.1, 0.15) is 29.6 Å². The van der Waals surface area contributed by atoms with Crippen LogP contribution in [0.15, 0.2) is 57.4 Å². The summed E-state index contributed by atoms with van der Waals surface area (Å²) in [5.41, 5.74) is -0.0781. The first kappa shape index (κ1) is 25.7. The Morgan fingerprint density at radius 2 is 1.70 bits per heavy atom. The van der Waals surface area contributed by atoms with Crippen molar-refractivity contribution in [3.8, 4) is 17.3 Å². The molecule has 0 aliphatic rings. The topological polar surface area (TPSA) is 129 Å². The third-order valence-electron chi connectivity index (χ3n) is 5.34. The van der Waals surface area contributed by atoms with E-state index in [1.54, 1.807) is 62.6 Å². The van der Waals surface area contributed by atoms with E-state index in [4.69, 9.17) is 13.6 Å². The number of anilines is 1. The van der Waals surface area contributed by atoms with E-state index in [9.17, 15) is 9.59 Å². The van der Waals surface area contributed by atoms with Crippen molar-refractivity contribution in [2.45, 2.75) is 52.7 Å². The van der Waals surface area contributed by atoms with Gasteiger partial charge >= 0.3 is 0 Å². The van der Waals surface area contributed by atoms with Gasteiger partial charge in [0.25, 0.3) is 11.8 Å². The quantitative estimate of drug-likeness (QED) is 0.382. The minimum atomic E-state index is -1.09. The van der Waals surface area contributed by atoms with E-state index in [-0.39, 0.29) is 12.4 Å². The van der Waals surface area contributed by atoms with Crippen LogP contribution in [0.1, 0.15) is 44.1 Å². The predicted octanol–water partition coefficient (Wildman–Crippen LogP) is 3.84. The van der Waals surface area contributed by atoms with Crippen LogP contribution in [-0.2, 0) is 16.1 Å². The van der Waals surface area contributed by atoms with Crippen molar-refractivity contribution in [1.29, 1.82) is 0 Å². The monoisotopic (exact) mass is 506 g/mol. The molecular formula is C26H30N6O5. The molecule has 0 saturated carbocycles. The van der Waals surface area contributed by atoms with Crippen LogP contribution in [0.4, 0.5) is 5.69 Å². The van der Waals surface area contributed by atoms with E-state index in [2.05, 4.69) is 20.7 Å². The summed E-state index contributed by atoms with van der Waals surface area (Å²) in [7, 11) is 1.55. The molecule has 37 heavy (non-hydrogen) atoms. The zero-order chi connectivity index (χ0) is 26.7. The molecule has 3 aromatic heterocycles. The zero-order valence-corrected chi connectivity index (χ0v) is 21.7. The fourth-order valence-electron chi connectivity index (χ4n) is 3.75. The van der Waals surface area contributed by atoms with Gasteiger partial charge < -0.3 is 18.9 Å². The van der Waals surface area contributed by atoms with Crippen LogP contribution in [0.3, 0.4) is 0 Å². The molecule has 194 valence electrons. The number of furan rings is 2. The normalized spacial score (nSPS) is 12.3. The van der Waals surface area contributed by atoms with Crippen molar-refractivity contribution >= 4 is 17.5 Å². The molecular weight excluding hydrogens is 476 g/mol. The molecule has 1 N–H and O–H groups in total. The molecule has 11 heteroatoms. The highest BCUT2D eigenvalue weighted by Gasteiger charge is 2.37. The fraction of sp³-hybridized carbons (Fsp3) is 0.346. The maximum atomic E-state index is 13.8. The maximum absolute atomic E-state index is 13.8. The summed E-state index contributed by atoms with van der Waals surface area (Å²) in [6, 6.07) is 12.7. The number of amides is 2. The Morgan fingerprint density at radius 1 is 1.03 bits per heavy atom. The Morgan fingerprint density at radius 3 is 2.27 bits per heavy atom. The summed E-state index contributed by atoms with van der Waals surface area (Å²) in [6.45, 7) is 8.91. The van der Waals surface area contributed by atoms with Crippen LogP contribution >= 0.6 is 0 Å². The van der Waals surface area contributed by atoms with Gasteiger partial charge in [0, 0.05) is 11.2 Å². The summed E-state index contributed by atoms with van der Waals surface area (Å²) in [6.07, 6.45) is 0. The molecule has 4 rings (SSSR count). The largest absolute Gasteiger partial charge is 0.497 e. The number of nitrogens with one attached hydrogen (secondary N) is 1. The fourth-order valence-corrected chi connectivity index (χ4v) is 3.75. The number of hydrogen-bond donors (Lipinski definition) is 1. The second kappa shape index (κ2) is 10.3. The van der Waals surface area contributed by atoms with Gasteiger partial charge in [-0.15, -0.1) is 10.2 Å². The lowest BCUT2D eigenvalue weighted by Crippen LogP contribution is -2.50. The van der Waals surface area contributed by atoms with Crippen LogP contribution in [0.25, 0.3) is 11.6 Å². The highest BCUT2D eigenvalue weighted by Crippen LogP contribution is 2.31. The Hall–Kier alpha value is -4.41. The van der Waals surface area contributed by atoms with Gasteiger partial charge in [0.05, 0.1) is 7.11 Å². The zero-order valence-electron chi connectivity index (χ0n) is 21.7. The third-order valence-corrected chi connectivity index (χ3v) is 5.34. The van der Waals surface area contributed by atoms with Gasteiger partial charge in [-0.2, -0.15) is 4.80 Å². The van der Waals surface area contributed by atoms with E-state index in [1.807, 2.05) is 27.7 Å². The molecule has 0 radical (unpaired) electrons. The van der Waals surface area contributed by atoms with Gasteiger partial charge in [-0.05, 0) is 88.4 Å². The average molecular weight is 507 g/mol. The van der Waals surface area contributed by atoms with E-state index < -0.39 is 23.4 Å². The van der Waals surface area contributed by atoms with Gasteiger partial charge in [-0.1, -0.05) is 0 Å². The first-order valence-corrected chi connectivity index (χ1v) is 11.7. The van der Waals surface area contributed by atoms with Crippen LogP contribution in [0.5, 0.6) is 5.75 Å². The lowest BCUT2D eigenvalue weighted by Gasteiger charge is -2.32. The number of carbonyl (C=O) groups excluding carboxylic acids is 2. The van der Waals surface area contributed by atoms with Crippen molar-refractivity contribution in [3.05, 3.63) is 65.8 Å². The SMILES string of the molecule is COc1ccc(N(C(=O)Cn2nnc(-c3ccc(C)o3)n2)[C@@H](C(=O)NC(C)(C)C)c2ccc(C)o2)cc1. The number of hydrogen-bond acceptors (Lipinski definition) is 8. The molecule has 0 aliphatic carbocycles. The van der Waals surface area contributed by atoms with E-state index >= 15 is 0 Å². The summed E-state index contributed by atoms with van der Waals surface area (Å²) in [4.78, 5) is 30.0. The molecule has 0 bridgehead atoms. The highest BCUT2D eigenvalue weighted by atomic mass is 16.5. The van der Waals surface area contributed by atoms with Crippen molar-refractivity contribution < 1.29 is 23.2 Å². The standard InChI is InChI=1S/C26H30N6O5/c1-16-7-13-20(36-16)23(25(34)27-26(3,4)5)32(18-9-11-19(35-6)12-10-18)22(33)15-31-29-24(28-30-31)21-14-8-17(2)37-21/h7-14,23H,15H2,1-6H3,(H,27,34)/t23-/m1/s1. The van der Waals surface area contributed by atoms with Crippen molar-refractivity contribution in [3.63, 3.8) is 0 Å². The molecule has 0 fully saturated rings. The molecule has 3 heterocycles. The number of nitrogens with zero attached hydrogens (tertiary/aromatic N) is 5. The Bertz CT molecular complexity index is 1380. The van der Waals surface area contributed by atoms with Crippen LogP contribution in [-0.4, -0.2) is 44.7 Å². The molecule has 0 spiro atoms. The molecule has 1 atom stereocenters. The van der Waals surface area contributed by atoms with Gasteiger partial charge in [0.15, 0.2) is 11.8 Å². The summed E-state index contributed by atoms with van der Waals surface area (Å²) >= 11 is 0. The highest BCUT2D eigenvalue weighted by molar-refractivity contribution is 6.01. The molecule has 4 aromatic rings. The van der Waals surface area contributed by atoms with E-state index in [0.717, 1.165) is 4.80 Å². The Balaban J connectivity index is 1.73. The summed E-state index contributed by atoms with van der Waals surface area (Å²) in [5, 5.41) is 15.3. The molecule has 1 aromatic carbocycles. The lowest BCUT2D eigenvalue weighted by atomic mass is 10.1. The van der Waals surface area contributed by atoms with Crippen molar-refractivity contribution in [1.82, 2.24) is 25.5 Å². The first-order chi connectivity index (χ1) is 17.5. The van der Waals surface area contributed by atoms with Gasteiger partial charge in [0.2, 0.25) is 5.82 Å². The molecule has 2 amide bonds. The van der Waals surface area contributed by atoms with E-state index in [1.165, 1.54) is 4.90 Å². The third kappa shape index (κ3) is 6.05. The minimum Gasteiger partial charge on any atom is -0.497 e. The molecule has 11 nitrogen and oxygen atoms in total. The number of aryl methyl sites for hydroxylation is 2. The predicted molar refractivity (Wildman–Crippen MR) is 135 cm³/mol. The smallest absolute Gasteiger partial charge is 0.251 e. The van der Waals surface area contributed by atoms with Crippen molar-refractivity contribution in [2.24, 2.45) is 0 Å². The van der Waals surface area contributed by atoms with Crippen LogP contribution in [0, 0.1) is 13.8 Å². The number of tetrazole rings is 1. The second-order valence-electron chi connectivity index (χ2n) is 9.61.